The Kier molecular flexibility index (Phi) is 5.49. The van der Waals surface area contributed by atoms with Crippen molar-refractivity contribution < 1.29 is 4.79 Å². The van der Waals surface area contributed by atoms with Gasteiger partial charge in [-0.2, -0.15) is 0 Å². The molecule has 0 saturated carbocycles. The van der Waals surface area contributed by atoms with E-state index in [4.69, 9.17) is 5.73 Å². The zero-order valence-electron chi connectivity index (χ0n) is 10.00. The monoisotopic (exact) mass is 316 g/mol. The van der Waals surface area contributed by atoms with Gasteiger partial charge in [-0.25, -0.2) is 0 Å². The van der Waals surface area contributed by atoms with Crippen molar-refractivity contribution in [1.29, 1.82) is 0 Å². The molecule has 0 aliphatic heterocycles. The van der Waals surface area contributed by atoms with E-state index in [1.165, 1.54) is 4.90 Å². The first kappa shape index (κ1) is 14.5. The Bertz CT molecular complexity index is 400. The summed E-state index contributed by atoms with van der Waals surface area (Å²) in [4.78, 5) is 12.5. The number of thioether (sulfide) groups is 1. The number of likely N-dealkylation sites (N-methyl/N-ethyl adjacent to an activating group) is 1. The number of rotatable bonds is 6. The molecule has 3 N–H and O–H groups in total. The van der Waals surface area contributed by atoms with Gasteiger partial charge in [0.1, 0.15) is 0 Å². The van der Waals surface area contributed by atoms with Gasteiger partial charge in [-0.3, -0.25) is 4.79 Å². The molecule has 0 aliphatic carbocycles. The van der Waals surface area contributed by atoms with Gasteiger partial charge in [0, 0.05) is 15.1 Å². The van der Waals surface area contributed by atoms with Crippen LogP contribution in [0.4, 0.5) is 0 Å². The van der Waals surface area contributed by atoms with Gasteiger partial charge in [0.15, 0.2) is 0 Å². The lowest BCUT2D eigenvalue weighted by Crippen LogP contribution is -2.51. The molecule has 3 nitrogen and oxygen atoms in total. The highest BCUT2D eigenvalue weighted by Gasteiger charge is 2.28. The van der Waals surface area contributed by atoms with E-state index >= 15 is 0 Å². The lowest BCUT2D eigenvalue weighted by molar-refractivity contribution is -0.123. The Morgan fingerprint density at radius 1 is 1.59 bits per heavy atom. The Balaban J connectivity index is 2.50. The maximum atomic E-state index is 11.3. The average Bonchev–Trinajstić information content (AvgIpc) is 2.28. The predicted octanol–water partition coefficient (Wildman–Crippen LogP) is 2.39. The van der Waals surface area contributed by atoms with Gasteiger partial charge >= 0.3 is 0 Å². The lowest BCUT2D eigenvalue weighted by Gasteiger charge is -2.25. The van der Waals surface area contributed by atoms with E-state index in [1.54, 1.807) is 18.8 Å². The van der Waals surface area contributed by atoms with E-state index in [-0.39, 0.29) is 5.91 Å². The van der Waals surface area contributed by atoms with Crippen LogP contribution < -0.4 is 11.1 Å². The standard InChI is InChI=1S/C12H17BrN2OS/c1-12(15-2,11(14)16)6-7-17-10-5-3-4-9(13)8-10/h3-5,8,15H,6-7H2,1-2H3,(H2,14,16). The van der Waals surface area contributed by atoms with Crippen molar-refractivity contribution in [2.24, 2.45) is 5.73 Å². The van der Waals surface area contributed by atoms with Crippen LogP contribution in [0.2, 0.25) is 0 Å². The van der Waals surface area contributed by atoms with Crippen LogP contribution in [0.5, 0.6) is 0 Å². The Morgan fingerprint density at radius 3 is 2.82 bits per heavy atom. The minimum absolute atomic E-state index is 0.310. The number of hydrogen-bond acceptors (Lipinski definition) is 3. The number of amides is 1. The van der Waals surface area contributed by atoms with Gasteiger partial charge in [-0.1, -0.05) is 22.0 Å². The molecule has 1 unspecified atom stereocenters. The van der Waals surface area contributed by atoms with Gasteiger partial charge in [0.25, 0.3) is 0 Å². The molecule has 1 atom stereocenters. The first-order valence-electron chi connectivity index (χ1n) is 5.35. The Labute approximate surface area is 115 Å². The van der Waals surface area contributed by atoms with Crippen molar-refractivity contribution >= 4 is 33.6 Å². The summed E-state index contributed by atoms with van der Waals surface area (Å²) in [5.41, 5.74) is 4.74. The third-order valence-electron chi connectivity index (χ3n) is 2.76. The van der Waals surface area contributed by atoms with Crippen molar-refractivity contribution in [3.05, 3.63) is 28.7 Å². The second-order valence-corrected chi connectivity index (χ2v) is 6.09. The van der Waals surface area contributed by atoms with E-state index in [2.05, 4.69) is 33.4 Å². The molecule has 0 heterocycles. The lowest BCUT2D eigenvalue weighted by atomic mass is 9.99. The van der Waals surface area contributed by atoms with Crippen molar-refractivity contribution in [1.82, 2.24) is 5.32 Å². The fraction of sp³-hybridized carbons (Fsp3) is 0.417. The summed E-state index contributed by atoms with van der Waals surface area (Å²) in [7, 11) is 1.76. The summed E-state index contributed by atoms with van der Waals surface area (Å²) in [5.74, 6) is 0.534. The molecule has 0 bridgehead atoms. The van der Waals surface area contributed by atoms with E-state index < -0.39 is 5.54 Å². The molecule has 0 saturated heterocycles. The number of primary amides is 1. The fourth-order valence-electron chi connectivity index (χ4n) is 1.30. The first-order chi connectivity index (χ1) is 7.98. The van der Waals surface area contributed by atoms with Crippen molar-refractivity contribution in [2.45, 2.75) is 23.8 Å². The van der Waals surface area contributed by atoms with Crippen molar-refractivity contribution in [2.75, 3.05) is 12.8 Å². The molecule has 0 fully saturated rings. The van der Waals surface area contributed by atoms with Crippen molar-refractivity contribution in [3.63, 3.8) is 0 Å². The van der Waals surface area contributed by atoms with Gasteiger partial charge in [0.2, 0.25) is 5.91 Å². The maximum Gasteiger partial charge on any atom is 0.237 e. The molecule has 0 aliphatic rings. The zero-order chi connectivity index (χ0) is 12.9. The van der Waals surface area contributed by atoms with Crippen LogP contribution in [0.3, 0.4) is 0 Å². The third-order valence-corrected chi connectivity index (χ3v) is 4.25. The van der Waals surface area contributed by atoms with Crippen LogP contribution in [0.1, 0.15) is 13.3 Å². The number of halogens is 1. The van der Waals surface area contributed by atoms with Gasteiger partial charge in [-0.15, -0.1) is 11.8 Å². The second-order valence-electron chi connectivity index (χ2n) is 4.00. The highest BCUT2D eigenvalue weighted by Crippen LogP contribution is 2.24. The topological polar surface area (TPSA) is 55.1 Å². The van der Waals surface area contributed by atoms with E-state index in [0.29, 0.717) is 6.42 Å². The molecule has 0 spiro atoms. The summed E-state index contributed by atoms with van der Waals surface area (Å²) in [5, 5.41) is 2.98. The molecule has 0 aromatic heterocycles. The Morgan fingerprint density at radius 2 is 2.29 bits per heavy atom. The number of nitrogens with one attached hydrogen (secondary N) is 1. The minimum Gasteiger partial charge on any atom is -0.368 e. The highest BCUT2D eigenvalue weighted by molar-refractivity contribution is 9.10. The average molecular weight is 317 g/mol. The second kappa shape index (κ2) is 6.42. The smallest absolute Gasteiger partial charge is 0.237 e. The fourth-order valence-corrected chi connectivity index (χ4v) is 2.98. The van der Waals surface area contributed by atoms with E-state index in [1.807, 2.05) is 19.1 Å². The molecule has 1 amide bonds. The minimum atomic E-state index is -0.626. The number of carbonyl (C=O) groups excluding carboxylic acids is 1. The summed E-state index contributed by atoms with van der Waals surface area (Å²) in [6.45, 7) is 1.83. The van der Waals surface area contributed by atoms with Crippen LogP contribution in [0.15, 0.2) is 33.6 Å². The van der Waals surface area contributed by atoms with Crippen molar-refractivity contribution in [3.8, 4) is 0 Å². The SMILES string of the molecule is CNC(C)(CCSc1cccc(Br)c1)C(N)=O. The highest BCUT2D eigenvalue weighted by atomic mass is 79.9. The van der Waals surface area contributed by atoms with Gasteiger partial charge in [-0.05, 0) is 38.6 Å². The van der Waals surface area contributed by atoms with Crippen LogP contribution in [-0.4, -0.2) is 24.2 Å². The van der Waals surface area contributed by atoms with E-state index in [9.17, 15) is 4.79 Å². The molecule has 1 aromatic carbocycles. The molecule has 1 aromatic rings. The normalized spacial score (nSPS) is 14.3. The van der Waals surface area contributed by atoms with Crippen LogP contribution in [-0.2, 0) is 4.79 Å². The molecule has 1 rings (SSSR count). The quantitative estimate of drug-likeness (QED) is 0.792. The summed E-state index contributed by atoms with van der Waals surface area (Å²) >= 11 is 5.15. The summed E-state index contributed by atoms with van der Waals surface area (Å²) in [6, 6.07) is 8.10. The predicted molar refractivity (Wildman–Crippen MR) is 76.1 cm³/mol. The molecule has 0 radical (unpaired) electrons. The molecule has 5 heteroatoms. The first-order valence-corrected chi connectivity index (χ1v) is 7.13. The molecule has 94 valence electrons. The zero-order valence-corrected chi connectivity index (χ0v) is 12.4. The number of carbonyl (C=O) groups is 1. The number of benzene rings is 1. The summed E-state index contributed by atoms with van der Waals surface area (Å²) in [6.07, 6.45) is 0.704. The van der Waals surface area contributed by atoms with E-state index in [0.717, 1.165) is 10.2 Å². The van der Waals surface area contributed by atoms with Crippen LogP contribution in [0, 0.1) is 0 Å². The van der Waals surface area contributed by atoms with Crippen LogP contribution in [0.25, 0.3) is 0 Å². The molecular weight excluding hydrogens is 300 g/mol. The molecule has 17 heavy (non-hydrogen) atoms. The number of hydrogen-bond donors (Lipinski definition) is 2. The maximum absolute atomic E-state index is 11.3. The largest absolute Gasteiger partial charge is 0.368 e. The van der Waals surface area contributed by atoms with Crippen LogP contribution >= 0.6 is 27.7 Å². The third kappa shape index (κ3) is 4.33. The van der Waals surface area contributed by atoms with Gasteiger partial charge in [0.05, 0.1) is 5.54 Å². The number of nitrogens with two attached hydrogens (primary N) is 1. The van der Waals surface area contributed by atoms with Gasteiger partial charge < -0.3 is 11.1 Å². The molecular formula is C12H17BrN2OS. The summed E-state index contributed by atoms with van der Waals surface area (Å²) < 4.78 is 1.06. The Hall–Kier alpha value is -0.520.